The maximum Gasteiger partial charge on any atom is 0.261 e. The summed E-state index contributed by atoms with van der Waals surface area (Å²) in [5.74, 6) is 1.09. The summed E-state index contributed by atoms with van der Waals surface area (Å²) in [6.45, 7) is 1.89. The Balaban J connectivity index is 1.56. The number of aliphatic imine (C=N–C) groups is 1. The number of hydrogen-bond acceptors (Lipinski definition) is 5. The van der Waals surface area contributed by atoms with Gasteiger partial charge in [0.05, 0.1) is 10.9 Å². The number of anilines is 1. The van der Waals surface area contributed by atoms with Crippen molar-refractivity contribution in [2.75, 3.05) is 23.6 Å². The summed E-state index contributed by atoms with van der Waals surface area (Å²) in [4.78, 5) is 7.20. The van der Waals surface area contributed by atoms with Crippen LogP contribution in [0, 0.1) is 0 Å². The topological polar surface area (TPSA) is 61.8 Å². The van der Waals surface area contributed by atoms with E-state index in [-0.39, 0.29) is 10.9 Å². The van der Waals surface area contributed by atoms with E-state index in [1.165, 1.54) is 12.1 Å². The fraction of sp³-hybridized carbons (Fsp3) is 0.235. The zero-order valence-corrected chi connectivity index (χ0v) is 15.6. The Morgan fingerprint density at radius 2 is 2.00 bits per heavy atom. The van der Waals surface area contributed by atoms with Gasteiger partial charge in [0.1, 0.15) is 0 Å². The van der Waals surface area contributed by atoms with Crippen molar-refractivity contribution in [2.24, 2.45) is 4.99 Å². The molecule has 8 heteroatoms. The van der Waals surface area contributed by atoms with Crippen molar-refractivity contribution in [2.45, 2.75) is 10.9 Å². The van der Waals surface area contributed by atoms with Crippen LogP contribution < -0.4 is 4.72 Å². The van der Waals surface area contributed by atoms with Gasteiger partial charge in [-0.3, -0.25) is 9.71 Å². The quantitative estimate of drug-likeness (QED) is 0.862. The summed E-state index contributed by atoms with van der Waals surface area (Å²) in [6, 6.07) is 13.6. The van der Waals surface area contributed by atoms with Crippen molar-refractivity contribution in [1.29, 1.82) is 0 Å². The van der Waals surface area contributed by atoms with Gasteiger partial charge in [0.15, 0.2) is 5.17 Å². The van der Waals surface area contributed by atoms with Crippen molar-refractivity contribution in [3.05, 3.63) is 59.1 Å². The van der Waals surface area contributed by atoms with Crippen LogP contribution in [0.25, 0.3) is 0 Å². The highest BCUT2D eigenvalue weighted by Gasteiger charge is 2.30. The maximum absolute atomic E-state index is 12.5. The van der Waals surface area contributed by atoms with Gasteiger partial charge in [-0.25, -0.2) is 8.42 Å². The molecular formula is C17H16ClN3O2S2. The Hall–Kier alpha value is -1.70. The lowest BCUT2D eigenvalue weighted by atomic mass is 10.1. The van der Waals surface area contributed by atoms with E-state index < -0.39 is 10.0 Å². The highest BCUT2D eigenvalue weighted by Crippen LogP contribution is 2.33. The third-order valence-electron chi connectivity index (χ3n) is 4.17. The van der Waals surface area contributed by atoms with E-state index in [4.69, 9.17) is 16.6 Å². The summed E-state index contributed by atoms with van der Waals surface area (Å²) >= 11 is 7.60. The van der Waals surface area contributed by atoms with E-state index >= 15 is 0 Å². The van der Waals surface area contributed by atoms with E-state index in [2.05, 4.69) is 9.62 Å². The highest BCUT2D eigenvalue weighted by atomic mass is 35.5. The van der Waals surface area contributed by atoms with Gasteiger partial charge in [-0.05, 0) is 42.0 Å². The molecule has 2 aliphatic rings. The number of sulfonamides is 1. The lowest BCUT2D eigenvalue weighted by molar-refractivity contribution is 0.464. The molecule has 2 aromatic rings. The second-order valence-corrected chi connectivity index (χ2v) is 9.09. The summed E-state index contributed by atoms with van der Waals surface area (Å²) in [7, 11) is -3.64. The molecule has 1 atom stereocenters. The monoisotopic (exact) mass is 393 g/mol. The second-order valence-electron chi connectivity index (χ2n) is 5.91. The molecule has 2 aliphatic heterocycles. The fourth-order valence-corrected chi connectivity index (χ4v) is 5.14. The minimum absolute atomic E-state index is 0.0581. The van der Waals surface area contributed by atoms with Crippen molar-refractivity contribution < 1.29 is 8.42 Å². The average Bonchev–Trinajstić information content (AvgIpc) is 3.17. The predicted octanol–water partition coefficient (Wildman–Crippen LogP) is 3.60. The molecule has 1 saturated heterocycles. The Kier molecular flexibility index (Phi) is 4.39. The van der Waals surface area contributed by atoms with Gasteiger partial charge in [-0.2, -0.15) is 0 Å². The maximum atomic E-state index is 12.5. The largest absolute Gasteiger partial charge is 0.348 e. The molecule has 1 unspecified atom stereocenters. The Labute approximate surface area is 156 Å². The molecular weight excluding hydrogens is 378 g/mol. The van der Waals surface area contributed by atoms with Crippen LogP contribution in [0.4, 0.5) is 5.69 Å². The van der Waals surface area contributed by atoms with Gasteiger partial charge in [-0.15, -0.1) is 0 Å². The molecule has 0 spiro atoms. The lowest BCUT2D eigenvalue weighted by Crippen LogP contribution is -2.21. The Morgan fingerprint density at radius 3 is 2.76 bits per heavy atom. The summed E-state index contributed by atoms with van der Waals surface area (Å²) in [5.41, 5.74) is 1.55. The number of halogens is 1. The number of rotatable bonds is 4. The molecule has 0 amide bonds. The smallest absolute Gasteiger partial charge is 0.261 e. The van der Waals surface area contributed by atoms with Gasteiger partial charge < -0.3 is 4.90 Å². The van der Waals surface area contributed by atoms with E-state index in [0.29, 0.717) is 10.7 Å². The van der Waals surface area contributed by atoms with Crippen LogP contribution in [-0.4, -0.2) is 37.3 Å². The molecule has 1 fully saturated rings. The molecule has 0 radical (unpaired) electrons. The SMILES string of the molecule is O=S(=O)(Nc1cccc(C2CN3CCSC3=N2)c1)c1ccc(Cl)cc1. The van der Waals surface area contributed by atoms with Crippen LogP contribution in [0.15, 0.2) is 58.4 Å². The molecule has 4 rings (SSSR count). The molecule has 5 nitrogen and oxygen atoms in total. The minimum atomic E-state index is -3.64. The number of hydrogen-bond donors (Lipinski definition) is 1. The van der Waals surface area contributed by atoms with Crippen LogP contribution in [-0.2, 0) is 10.0 Å². The molecule has 130 valence electrons. The van der Waals surface area contributed by atoms with E-state index in [1.54, 1.807) is 30.0 Å². The molecule has 0 bridgehead atoms. The van der Waals surface area contributed by atoms with Crippen LogP contribution in [0.3, 0.4) is 0 Å². The number of nitrogens with zero attached hydrogens (tertiary/aromatic N) is 2. The normalized spacial score (nSPS) is 19.6. The number of nitrogens with one attached hydrogen (secondary N) is 1. The lowest BCUT2D eigenvalue weighted by Gasteiger charge is -2.14. The first kappa shape index (κ1) is 16.8. The van der Waals surface area contributed by atoms with Crippen molar-refractivity contribution in [1.82, 2.24) is 4.90 Å². The molecule has 2 aromatic carbocycles. The number of fused-ring (bicyclic) bond motifs is 1. The van der Waals surface area contributed by atoms with Crippen molar-refractivity contribution in [3.8, 4) is 0 Å². The number of thioether (sulfide) groups is 1. The third kappa shape index (κ3) is 3.49. The van der Waals surface area contributed by atoms with Crippen LogP contribution in [0.5, 0.6) is 0 Å². The zero-order chi connectivity index (χ0) is 17.4. The average molecular weight is 394 g/mol. The molecule has 0 saturated carbocycles. The third-order valence-corrected chi connectivity index (χ3v) is 6.83. The van der Waals surface area contributed by atoms with Gasteiger partial charge in [0, 0.05) is 29.6 Å². The summed E-state index contributed by atoms with van der Waals surface area (Å²) < 4.78 is 27.7. The molecule has 1 N–H and O–H groups in total. The standard InChI is InChI=1S/C17H16ClN3O2S2/c18-13-4-6-15(7-5-13)25(22,23)20-14-3-1-2-12(10-14)16-11-21-8-9-24-17(21)19-16/h1-7,10,16,20H,8-9,11H2. The van der Waals surface area contributed by atoms with Gasteiger partial charge in [0.2, 0.25) is 0 Å². The van der Waals surface area contributed by atoms with Crippen LogP contribution in [0.1, 0.15) is 11.6 Å². The zero-order valence-electron chi connectivity index (χ0n) is 13.2. The number of benzene rings is 2. The second kappa shape index (κ2) is 6.55. The van der Waals surface area contributed by atoms with Crippen LogP contribution >= 0.6 is 23.4 Å². The summed E-state index contributed by atoms with van der Waals surface area (Å²) in [6.07, 6.45) is 0. The van der Waals surface area contributed by atoms with Crippen molar-refractivity contribution in [3.63, 3.8) is 0 Å². The van der Waals surface area contributed by atoms with Crippen molar-refractivity contribution >= 4 is 44.2 Å². The first-order chi connectivity index (χ1) is 12.0. The molecule has 25 heavy (non-hydrogen) atoms. The minimum Gasteiger partial charge on any atom is -0.348 e. The molecule has 0 aliphatic carbocycles. The number of amidine groups is 1. The van der Waals surface area contributed by atoms with Gasteiger partial charge in [-0.1, -0.05) is 35.5 Å². The Bertz CT molecular complexity index is 929. The summed E-state index contributed by atoms with van der Waals surface area (Å²) in [5, 5.41) is 1.59. The van der Waals surface area contributed by atoms with E-state index in [9.17, 15) is 8.42 Å². The molecule has 2 heterocycles. The predicted molar refractivity (Wildman–Crippen MR) is 103 cm³/mol. The van der Waals surface area contributed by atoms with E-state index in [0.717, 1.165) is 29.6 Å². The molecule has 0 aromatic heterocycles. The van der Waals surface area contributed by atoms with Crippen LogP contribution in [0.2, 0.25) is 5.02 Å². The van der Waals surface area contributed by atoms with Gasteiger partial charge in [0.25, 0.3) is 10.0 Å². The van der Waals surface area contributed by atoms with Gasteiger partial charge >= 0.3 is 0 Å². The highest BCUT2D eigenvalue weighted by molar-refractivity contribution is 8.14. The van der Waals surface area contributed by atoms with E-state index in [1.807, 2.05) is 18.2 Å². The fourth-order valence-electron chi connectivity index (χ4n) is 2.92. The first-order valence-corrected chi connectivity index (χ1v) is 10.7. The Morgan fingerprint density at radius 1 is 1.20 bits per heavy atom. The first-order valence-electron chi connectivity index (χ1n) is 7.85.